The van der Waals surface area contributed by atoms with Crippen LogP contribution < -0.4 is 9.64 Å². The molecule has 0 fully saturated rings. The summed E-state index contributed by atoms with van der Waals surface area (Å²) in [5.74, 6) is 0.908. The van der Waals surface area contributed by atoms with E-state index in [1.54, 1.807) is 7.11 Å². The van der Waals surface area contributed by atoms with Gasteiger partial charge in [-0.15, -0.1) is 0 Å². The fourth-order valence-electron chi connectivity index (χ4n) is 1.50. The number of rotatable bonds is 3. The maximum absolute atomic E-state index is 5.32. The molecule has 0 aliphatic rings. The van der Waals surface area contributed by atoms with Gasteiger partial charge in [-0.05, 0) is 13.0 Å². The van der Waals surface area contributed by atoms with Crippen molar-refractivity contribution in [2.24, 2.45) is 0 Å². The Morgan fingerprint density at radius 1 is 1.29 bits per heavy atom. The molecule has 0 radical (unpaired) electrons. The molecular formula is C12H17NO. The van der Waals surface area contributed by atoms with Crippen LogP contribution in [0.1, 0.15) is 12.5 Å². The van der Waals surface area contributed by atoms with Crippen LogP contribution in [0.3, 0.4) is 0 Å². The van der Waals surface area contributed by atoms with Gasteiger partial charge in [0, 0.05) is 19.7 Å². The summed E-state index contributed by atoms with van der Waals surface area (Å²) in [7, 11) is 5.73. The summed E-state index contributed by atoms with van der Waals surface area (Å²) in [6.07, 6.45) is 4.11. The number of allylic oxidation sites excluding steroid dienone is 1. The largest absolute Gasteiger partial charge is 0.495 e. The first-order chi connectivity index (χ1) is 6.70. The lowest BCUT2D eigenvalue weighted by Crippen LogP contribution is -2.11. The molecule has 0 atom stereocenters. The first kappa shape index (κ1) is 10.6. The Bertz CT molecular complexity index is 329. The van der Waals surface area contributed by atoms with E-state index in [2.05, 4.69) is 17.0 Å². The quantitative estimate of drug-likeness (QED) is 0.728. The van der Waals surface area contributed by atoms with Gasteiger partial charge in [0.15, 0.2) is 0 Å². The number of anilines is 1. The van der Waals surface area contributed by atoms with E-state index in [1.807, 2.05) is 39.2 Å². The van der Waals surface area contributed by atoms with Crippen molar-refractivity contribution in [3.63, 3.8) is 0 Å². The van der Waals surface area contributed by atoms with Crippen LogP contribution in [0.25, 0.3) is 6.08 Å². The Hall–Kier alpha value is -1.44. The van der Waals surface area contributed by atoms with E-state index in [0.717, 1.165) is 11.4 Å². The number of benzene rings is 1. The number of methoxy groups -OCH3 is 1. The van der Waals surface area contributed by atoms with Gasteiger partial charge in [-0.25, -0.2) is 0 Å². The van der Waals surface area contributed by atoms with Crippen LogP contribution in [0.2, 0.25) is 0 Å². The zero-order valence-electron chi connectivity index (χ0n) is 9.24. The second-order valence-corrected chi connectivity index (χ2v) is 3.29. The number of hydrogen-bond acceptors (Lipinski definition) is 2. The third-order valence-electron chi connectivity index (χ3n) is 2.04. The maximum Gasteiger partial charge on any atom is 0.142 e. The van der Waals surface area contributed by atoms with Crippen molar-refractivity contribution in [3.8, 4) is 5.75 Å². The Labute approximate surface area is 85.8 Å². The highest BCUT2D eigenvalue weighted by Crippen LogP contribution is 2.31. The van der Waals surface area contributed by atoms with Gasteiger partial charge in [0.2, 0.25) is 0 Å². The van der Waals surface area contributed by atoms with E-state index in [-0.39, 0.29) is 0 Å². The highest BCUT2D eigenvalue weighted by Gasteiger charge is 2.07. The minimum absolute atomic E-state index is 0.908. The van der Waals surface area contributed by atoms with Crippen molar-refractivity contribution >= 4 is 11.8 Å². The second-order valence-electron chi connectivity index (χ2n) is 3.29. The predicted octanol–water partition coefficient (Wildman–Crippen LogP) is 2.79. The highest BCUT2D eigenvalue weighted by molar-refractivity contribution is 5.73. The number of hydrogen-bond donors (Lipinski definition) is 0. The predicted molar refractivity (Wildman–Crippen MR) is 62.0 cm³/mol. The molecule has 0 amide bonds. The van der Waals surface area contributed by atoms with Gasteiger partial charge in [-0.1, -0.05) is 24.3 Å². The molecule has 0 aliphatic heterocycles. The summed E-state index contributed by atoms with van der Waals surface area (Å²) < 4.78 is 5.32. The van der Waals surface area contributed by atoms with Crippen LogP contribution in [-0.4, -0.2) is 21.2 Å². The molecular weight excluding hydrogens is 174 g/mol. The van der Waals surface area contributed by atoms with Gasteiger partial charge in [-0.3, -0.25) is 0 Å². The molecule has 0 saturated carbocycles. The smallest absolute Gasteiger partial charge is 0.142 e. The Kier molecular flexibility index (Phi) is 3.57. The lowest BCUT2D eigenvalue weighted by molar-refractivity contribution is 0.415. The van der Waals surface area contributed by atoms with Crippen LogP contribution >= 0.6 is 0 Å². The minimum Gasteiger partial charge on any atom is -0.495 e. The highest BCUT2D eigenvalue weighted by atomic mass is 16.5. The molecule has 14 heavy (non-hydrogen) atoms. The van der Waals surface area contributed by atoms with Gasteiger partial charge in [-0.2, -0.15) is 0 Å². The molecule has 2 nitrogen and oxygen atoms in total. The average Bonchev–Trinajstić information content (AvgIpc) is 2.17. The molecule has 0 N–H and O–H groups in total. The second kappa shape index (κ2) is 4.70. The fourth-order valence-corrected chi connectivity index (χ4v) is 1.50. The molecule has 0 saturated heterocycles. The molecule has 0 spiro atoms. The monoisotopic (exact) mass is 191 g/mol. The summed E-state index contributed by atoms with van der Waals surface area (Å²) in [6, 6.07) is 6.06. The summed E-state index contributed by atoms with van der Waals surface area (Å²) in [5, 5.41) is 0. The SMILES string of the molecule is CC=Cc1cccc(OC)c1N(C)C. The van der Waals surface area contributed by atoms with Crippen molar-refractivity contribution in [1.82, 2.24) is 0 Å². The normalized spacial score (nSPS) is 10.6. The van der Waals surface area contributed by atoms with Crippen molar-refractivity contribution < 1.29 is 4.74 Å². The molecule has 0 aliphatic carbocycles. The number of para-hydroxylation sites is 1. The molecule has 0 heterocycles. The Morgan fingerprint density at radius 2 is 2.00 bits per heavy atom. The molecule has 0 bridgehead atoms. The molecule has 0 unspecified atom stereocenters. The first-order valence-electron chi connectivity index (χ1n) is 4.67. The molecule has 0 aromatic heterocycles. The molecule has 1 rings (SSSR count). The topological polar surface area (TPSA) is 12.5 Å². The van der Waals surface area contributed by atoms with Gasteiger partial charge in [0.25, 0.3) is 0 Å². The lowest BCUT2D eigenvalue weighted by atomic mass is 10.1. The van der Waals surface area contributed by atoms with Crippen LogP contribution in [0, 0.1) is 0 Å². The van der Waals surface area contributed by atoms with E-state index in [9.17, 15) is 0 Å². The summed E-state index contributed by atoms with van der Waals surface area (Å²) in [6.45, 7) is 2.01. The third kappa shape index (κ3) is 2.08. The van der Waals surface area contributed by atoms with E-state index < -0.39 is 0 Å². The van der Waals surface area contributed by atoms with Crippen molar-refractivity contribution in [1.29, 1.82) is 0 Å². The Balaban J connectivity index is 3.27. The third-order valence-corrected chi connectivity index (χ3v) is 2.04. The van der Waals surface area contributed by atoms with E-state index in [1.165, 1.54) is 5.56 Å². The van der Waals surface area contributed by atoms with Crippen LogP contribution in [0.15, 0.2) is 24.3 Å². The van der Waals surface area contributed by atoms with Gasteiger partial charge < -0.3 is 9.64 Å². The summed E-state index contributed by atoms with van der Waals surface area (Å²) in [4.78, 5) is 2.06. The van der Waals surface area contributed by atoms with E-state index >= 15 is 0 Å². The van der Waals surface area contributed by atoms with E-state index in [0.29, 0.717) is 0 Å². The van der Waals surface area contributed by atoms with Crippen LogP contribution in [-0.2, 0) is 0 Å². The van der Waals surface area contributed by atoms with Crippen LogP contribution in [0.4, 0.5) is 5.69 Å². The Morgan fingerprint density at radius 3 is 2.50 bits per heavy atom. The lowest BCUT2D eigenvalue weighted by Gasteiger charge is -2.19. The first-order valence-corrected chi connectivity index (χ1v) is 4.67. The fraction of sp³-hybridized carbons (Fsp3) is 0.333. The average molecular weight is 191 g/mol. The number of nitrogens with zero attached hydrogens (tertiary/aromatic N) is 1. The standard InChI is InChI=1S/C12H17NO/c1-5-7-10-8-6-9-11(14-4)12(10)13(2)3/h5-9H,1-4H3. The van der Waals surface area contributed by atoms with Gasteiger partial charge >= 0.3 is 0 Å². The van der Waals surface area contributed by atoms with Crippen molar-refractivity contribution in [3.05, 3.63) is 29.8 Å². The van der Waals surface area contributed by atoms with Crippen molar-refractivity contribution in [2.45, 2.75) is 6.92 Å². The van der Waals surface area contributed by atoms with Crippen molar-refractivity contribution in [2.75, 3.05) is 26.1 Å². The van der Waals surface area contributed by atoms with E-state index in [4.69, 9.17) is 4.74 Å². The zero-order valence-corrected chi connectivity index (χ0v) is 9.24. The summed E-state index contributed by atoms with van der Waals surface area (Å²) in [5.41, 5.74) is 2.30. The maximum atomic E-state index is 5.32. The van der Waals surface area contributed by atoms with Crippen LogP contribution in [0.5, 0.6) is 5.75 Å². The van der Waals surface area contributed by atoms with Gasteiger partial charge in [0.1, 0.15) is 5.75 Å². The molecule has 1 aromatic rings. The molecule has 2 heteroatoms. The zero-order chi connectivity index (χ0) is 10.6. The molecule has 1 aromatic carbocycles. The van der Waals surface area contributed by atoms with Gasteiger partial charge in [0.05, 0.1) is 12.8 Å². The summed E-state index contributed by atoms with van der Waals surface area (Å²) >= 11 is 0. The molecule has 76 valence electrons. The number of ether oxygens (including phenoxy) is 1. The minimum atomic E-state index is 0.908.